The predicted octanol–water partition coefficient (Wildman–Crippen LogP) is 2.23. The van der Waals surface area contributed by atoms with Gasteiger partial charge in [-0.1, -0.05) is 0 Å². The molecule has 0 fully saturated rings. The second kappa shape index (κ2) is 4.40. The van der Waals surface area contributed by atoms with Crippen LogP contribution in [0.2, 0.25) is 0 Å². The van der Waals surface area contributed by atoms with Crippen molar-refractivity contribution in [3.63, 3.8) is 0 Å². The van der Waals surface area contributed by atoms with Crippen molar-refractivity contribution in [2.45, 2.75) is 13.5 Å². The molecule has 1 heterocycles. The zero-order valence-corrected chi connectivity index (χ0v) is 9.84. The zero-order valence-electron chi connectivity index (χ0n) is 9.03. The monoisotopic (exact) mass is 234 g/mol. The second-order valence-corrected chi connectivity index (χ2v) is 4.52. The van der Waals surface area contributed by atoms with Gasteiger partial charge in [-0.05, 0) is 25.1 Å². The Morgan fingerprint density at radius 1 is 1.31 bits per heavy atom. The molecule has 0 unspecified atom stereocenters. The maximum atomic E-state index is 5.72. The van der Waals surface area contributed by atoms with E-state index in [1.54, 1.807) is 17.4 Å². The van der Waals surface area contributed by atoms with E-state index >= 15 is 0 Å². The van der Waals surface area contributed by atoms with Crippen molar-refractivity contribution in [1.82, 2.24) is 4.98 Å². The van der Waals surface area contributed by atoms with Crippen molar-refractivity contribution in [3.8, 4) is 0 Å². The van der Waals surface area contributed by atoms with E-state index in [1.807, 2.05) is 24.4 Å². The SMILES string of the molecule is Cc1csc(CNc2ccc(N)c(N)c2)n1. The third kappa shape index (κ3) is 2.43. The van der Waals surface area contributed by atoms with Gasteiger partial charge in [-0.25, -0.2) is 4.98 Å². The minimum absolute atomic E-state index is 0.598. The topological polar surface area (TPSA) is 77.0 Å². The first-order valence-corrected chi connectivity index (χ1v) is 5.83. The van der Waals surface area contributed by atoms with Crippen LogP contribution in [0.25, 0.3) is 0 Å². The Morgan fingerprint density at radius 2 is 2.12 bits per heavy atom. The smallest absolute Gasteiger partial charge is 0.112 e. The number of hydrogen-bond donors (Lipinski definition) is 3. The Labute approximate surface area is 98.3 Å². The highest BCUT2D eigenvalue weighted by molar-refractivity contribution is 7.09. The molecule has 84 valence electrons. The minimum Gasteiger partial charge on any atom is -0.397 e. The number of nitrogens with zero attached hydrogens (tertiary/aromatic N) is 1. The predicted molar refractivity (Wildman–Crippen MR) is 69.4 cm³/mol. The number of hydrogen-bond acceptors (Lipinski definition) is 5. The fourth-order valence-corrected chi connectivity index (χ4v) is 2.06. The molecule has 0 aliphatic rings. The van der Waals surface area contributed by atoms with Gasteiger partial charge in [0.05, 0.1) is 17.9 Å². The number of nitrogens with two attached hydrogens (primary N) is 2. The third-order valence-electron chi connectivity index (χ3n) is 2.20. The first kappa shape index (κ1) is 10.8. The zero-order chi connectivity index (χ0) is 11.5. The summed E-state index contributed by atoms with van der Waals surface area (Å²) in [6.45, 7) is 2.70. The van der Waals surface area contributed by atoms with Crippen molar-refractivity contribution >= 4 is 28.4 Å². The summed E-state index contributed by atoms with van der Waals surface area (Å²) in [6, 6.07) is 5.53. The molecule has 1 aromatic heterocycles. The summed E-state index contributed by atoms with van der Waals surface area (Å²) in [7, 11) is 0. The standard InChI is InChI=1S/C11H14N4S/c1-7-6-16-11(15-7)5-14-8-2-3-9(12)10(13)4-8/h2-4,6,14H,5,12-13H2,1H3. The number of thiazole rings is 1. The molecule has 4 nitrogen and oxygen atoms in total. The molecule has 0 spiro atoms. The highest BCUT2D eigenvalue weighted by atomic mass is 32.1. The molecule has 16 heavy (non-hydrogen) atoms. The molecule has 0 amide bonds. The number of benzene rings is 1. The minimum atomic E-state index is 0.598. The van der Waals surface area contributed by atoms with Crippen LogP contribution in [0.4, 0.5) is 17.1 Å². The molecule has 2 rings (SSSR count). The lowest BCUT2D eigenvalue weighted by molar-refractivity contribution is 1.08. The van der Waals surface area contributed by atoms with Crippen molar-refractivity contribution in [2.75, 3.05) is 16.8 Å². The third-order valence-corrected chi connectivity index (χ3v) is 3.16. The maximum Gasteiger partial charge on any atom is 0.112 e. The Balaban J connectivity index is 2.02. The summed E-state index contributed by atoms with van der Waals surface area (Å²) in [5, 5.41) is 6.35. The van der Waals surface area contributed by atoms with Gasteiger partial charge in [-0.3, -0.25) is 0 Å². The van der Waals surface area contributed by atoms with Crippen LogP contribution in [0.1, 0.15) is 10.7 Å². The number of aryl methyl sites for hydroxylation is 1. The van der Waals surface area contributed by atoms with Crippen molar-refractivity contribution < 1.29 is 0 Å². The van der Waals surface area contributed by atoms with Gasteiger partial charge in [0.2, 0.25) is 0 Å². The molecule has 0 bridgehead atoms. The second-order valence-electron chi connectivity index (χ2n) is 3.58. The molecule has 0 aliphatic carbocycles. The summed E-state index contributed by atoms with van der Waals surface area (Å²) >= 11 is 1.65. The molecule has 1 aromatic carbocycles. The van der Waals surface area contributed by atoms with E-state index in [4.69, 9.17) is 11.5 Å². The lowest BCUT2D eigenvalue weighted by Gasteiger charge is -2.06. The van der Waals surface area contributed by atoms with Crippen LogP contribution in [0, 0.1) is 6.92 Å². The van der Waals surface area contributed by atoms with E-state index < -0.39 is 0 Å². The Bertz CT molecular complexity index is 492. The van der Waals surface area contributed by atoms with E-state index in [-0.39, 0.29) is 0 Å². The van der Waals surface area contributed by atoms with Crippen LogP contribution in [-0.4, -0.2) is 4.98 Å². The van der Waals surface area contributed by atoms with E-state index in [0.29, 0.717) is 17.9 Å². The molecule has 5 heteroatoms. The largest absolute Gasteiger partial charge is 0.397 e. The van der Waals surface area contributed by atoms with E-state index in [2.05, 4.69) is 10.3 Å². The quantitative estimate of drug-likeness (QED) is 0.712. The summed E-state index contributed by atoms with van der Waals surface area (Å²) in [5.74, 6) is 0. The highest BCUT2D eigenvalue weighted by Crippen LogP contribution is 2.20. The average molecular weight is 234 g/mol. The van der Waals surface area contributed by atoms with E-state index in [9.17, 15) is 0 Å². The Hall–Kier alpha value is -1.75. The summed E-state index contributed by atoms with van der Waals surface area (Å²) in [5.41, 5.74) is 14.6. The molecular weight excluding hydrogens is 220 g/mol. The number of nitrogens with one attached hydrogen (secondary N) is 1. The van der Waals surface area contributed by atoms with Gasteiger partial charge < -0.3 is 16.8 Å². The van der Waals surface area contributed by atoms with Gasteiger partial charge in [-0.2, -0.15) is 0 Å². The normalized spacial score (nSPS) is 10.3. The van der Waals surface area contributed by atoms with Crippen molar-refractivity contribution in [2.24, 2.45) is 0 Å². The lowest BCUT2D eigenvalue weighted by Crippen LogP contribution is -2.01. The average Bonchev–Trinajstić information content (AvgIpc) is 2.66. The van der Waals surface area contributed by atoms with Gasteiger partial charge in [0, 0.05) is 16.8 Å². The fourth-order valence-electron chi connectivity index (χ4n) is 1.35. The van der Waals surface area contributed by atoms with Crippen LogP contribution < -0.4 is 16.8 Å². The molecule has 0 saturated heterocycles. The molecular formula is C11H14N4S. The lowest BCUT2D eigenvalue weighted by atomic mass is 10.2. The van der Waals surface area contributed by atoms with E-state index in [0.717, 1.165) is 16.4 Å². The van der Waals surface area contributed by atoms with Crippen LogP contribution in [0.15, 0.2) is 23.6 Å². The first-order valence-electron chi connectivity index (χ1n) is 4.95. The summed E-state index contributed by atoms with van der Waals surface area (Å²) < 4.78 is 0. The van der Waals surface area contributed by atoms with Gasteiger partial charge in [-0.15, -0.1) is 11.3 Å². The summed E-state index contributed by atoms with van der Waals surface area (Å²) in [6.07, 6.45) is 0. The number of anilines is 3. The Kier molecular flexibility index (Phi) is 2.96. The van der Waals surface area contributed by atoms with Crippen LogP contribution in [-0.2, 0) is 6.54 Å². The van der Waals surface area contributed by atoms with Gasteiger partial charge >= 0.3 is 0 Å². The van der Waals surface area contributed by atoms with Crippen LogP contribution >= 0.6 is 11.3 Å². The maximum absolute atomic E-state index is 5.72. The van der Waals surface area contributed by atoms with Crippen LogP contribution in [0.3, 0.4) is 0 Å². The first-order chi connectivity index (χ1) is 7.65. The highest BCUT2D eigenvalue weighted by Gasteiger charge is 2.00. The van der Waals surface area contributed by atoms with E-state index in [1.165, 1.54) is 0 Å². The number of rotatable bonds is 3. The number of aromatic nitrogens is 1. The summed E-state index contributed by atoms with van der Waals surface area (Å²) in [4.78, 5) is 4.37. The molecule has 0 atom stereocenters. The van der Waals surface area contributed by atoms with Crippen molar-refractivity contribution in [3.05, 3.63) is 34.3 Å². The fraction of sp³-hybridized carbons (Fsp3) is 0.182. The Morgan fingerprint density at radius 3 is 2.75 bits per heavy atom. The van der Waals surface area contributed by atoms with Gasteiger partial charge in [0.25, 0.3) is 0 Å². The van der Waals surface area contributed by atoms with Crippen LogP contribution in [0.5, 0.6) is 0 Å². The van der Waals surface area contributed by atoms with Crippen molar-refractivity contribution in [1.29, 1.82) is 0 Å². The number of nitrogen functional groups attached to an aromatic ring is 2. The molecule has 2 aromatic rings. The van der Waals surface area contributed by atoms with Gasteiger partial charge in [0.15, 0.2) is 0 Å². The molecule has 0 radical (unpaired) electrons. The van der Waals surface area contributed by atoms with Gasteiger partial charge in [0.1, 0.15) is 5.01 Å². The molecule has 0 aliphatic heterocycles. The molecule has 5 N–H and O–H groups in total. The molecule has 0 saturated carbocycles.